The summed E-state index contributed by atoms with van der Waals surface area (Å²) in [6.07, 6.45) is 0.529. The number of oxime groups is 1. The first-order valence-electron chi connectivity index (χ1n) is 5.09. The number of hydrogen-bond donors (Lipinski definition) is 3. The van der Waals surface area contributed by atoms with Gasteiger partial charge in [-0.25, -0.2) is 0 Å². The molecule has 1 unspecified atom stereocenters. The minimum Gasteiger partial charge on any atom is -0.409 e. The van der Waals surface area contributed by atoms with Gasteiger partial charge in [-0.15, -0.1) is 0 Å². The summed E-state index contributed by atoms with van der Waals surface area (Å²) in [5, 5.41) is 14.1. The summed E-state index contributed by atoms with van der Waals surface area (Å²) >= 11 is 0. The quantitative estimate of drug-likeness (QED) is 0.277. The Labute approximate surface area is 95.8 Å². The second-order valence-electron chi connectivity index (χ2n) is 4.35. The zero-order chi connectivity index (χ0) is 13.0. The average molecular weight is 231 g/mol. The maximum absolute atomic E-state index is 11.9. The van der Waals surface area contributed by atoms with Crippen LogP contribution in [0.1, 0.15) is 34.1 Å². The third-order valence-corrected chi connectivity index (χ3v) is 2.78. The van der Waals surface area contributed by atoms with E-state index in [0.29, 0.717) is 6.42 Å². The lowest BCUT2D eigenvalue weighted by molar-refractivity contribution is -0.142. The van der Waals surface area contributed by atoms with E-state index < -0.39 is 11.1 Å². The second-order valence-corrected chi connectivity index (χ2v) is 4.35. The van der Waals surface area contributed by atoms with Gasteiger partial charge in [-0.2, -0.15) is 0 Å². The summed E-state index contributed by atoms with van der Waals surface area (Å²) in [5.41, 5.74) is 3.64. The van der Waals surface area contributed by atoms with Crippen molar-refractivity contribution < 1.29 is 14.7 Å². The number of carbonyl (C=O) groups excluding carboxylic acids is 1. The van der Waals surface area contributed by atoms with Gasteiger partial charge in [0.2, 0.25) is 0 Å². The SMILES string of the molecule is CCC(C)(OC)C(=O)NC(C)(C)C(N)=NO. The van der Waals surface area contributed by atoms with E-state index in [1.54, 1.807) is 20.8 Å². The van der Waals surface area contributed by atoms with Gasteiger partial charge in [0.15, 0.2) is 5.84 Å². The smallest absolute Gasteiger partial charge is 0.252 e. The topological polar surface area (TPSA) is 96.9 Å². The maximum Gasteiger partial charge on any atom is 0.252 e. The van der Waals surface area contributed by atoms with Crippen LogP contribution in [0.3, 0.4) is 0 Å². The van der Waals surface area contributed by atoms with Crippen molar-refractivity contribution in [3.05, 3.63) is 0 Å². The minimum atomic E-state index is -0.916. The Bertz CT molecular complexity index is 283. The van der Waals surface area contributed by atoms with E-state index in [1.807, 2.05) is 6.92 Å². The lowest BCUT2D eigenvalue weighted by Gasteiger charge is -2.31. The summed E-state index contributed by atoms with van der Waals surface area (Å²) < 4.78 is 5.15. The van der Waals surface area contributed by atoms with Gasteiger partial charge in [-0.05, 0) is 27.2 Å². The van der Waals surface area contributed by atoms with E-state index in [1.165, 1.54) is 7.11 Å². The second kappa shape index (κ2) is 5.16. The number of hydrogen-bond acceptors (Lipinski definition) is 4. The molecule has 0 saturated carbocycles. The van der Waals surface area contributed by atoms with Crippen LogP contribution in [0.4, 0.5) is 0 Å². The number of amides is 1. The molecular formula is C10H21N3O3. The minimum absolute atomic E-state index is 0.0598. The number of methoxy groups -OCH3 is 1. The molecule has 0 rings (SSSR count). The first-order valence-corrected chi connectivity index (χ1v) is 5.09. The molecule has 1 atom stereocenters. The Morgan fingerprint density at radius 1 is 1.50 bits per heavy atom. The van der Waals surface area contributed by atoms with Crippen molar-refractivity contribution in [2.75, 3.05) is 7.11 Å². The van der Waals surface area contributed by atoms with Crippen LogP contribution in [-0.4, -0.2) is 35.2 Å². The van der Waals surface area contributed by atoms with Crippen LogP contribution in [0.2, 0.25) is 0 Å². The van der Waals surface area contributed by atoms with Crippen LogP contribution in [0.5, 0.6) is 0 Å². The number of carbonyl (C=O) groups is 1. The van der Waals surface area contributed by atoms with E-state index >= 15 is 0 Å². The van der Waals surface area contributed by atoms with Crippen LogP contribution >= 0.6 is 0 Å². The van der Waals surface area contributed by atoms with Gasteiger partial charge in [-0.3, -0.25) is 4.79 Å². The van der Waals surface area contributed by atoms with Crippen molar-refractivity contribution in [3.8, 4) is 0 Å². The van der Waals surface area contributed by atoms with Gasteiger partial charge in [-0.1, -0.05) is 12.1 Å². The van der Waals surface area contributed by atoms with Gasteiger partial charge in [0.25, 0.3) is 5.91 Å². The molecule has 0 aliphatic heterocycles. The summed E-state index contributed by atoms with van der Waals surface area (Å²) in [7, 11) is 1.47. The zero-order valence-corrected chi connectivity index (χ0v) is 10.5. The molecule has 0 aromatic heterocycles. The summed E-state index contributed by atoms with van der Waals surface area (Å²) in [5.74, 6) is -0.357. The van der Waals surface area contributed by atoms with Crippen LogP contribution in [-0.2, 0) is 9.53 Å². The molecule has 6 heteroatoms. The van der Waals surface area contributed by atoms with Crippen molar-refractivity contribution in [2.45, 2.75) is 45.3 Å². The predicted octanol–water partition coefficient (Wildman–Crippen LogP) is 0.443. The molecule has 16 heavy (non-hydrogen) atoms. The molecule has 0 spiro atoms. The Hall–Kier alpha value is -1.30. The van der Waals surface area contributed by atoms with Gasteiger partial charge in [0.05, 0.1) is 5.54 Å². The summed E-state index contributed by atoms with van der Waals surface area (Å²) in [4.78, 5) is 11.9. The highest BCUT2D eigenvalue weighted by atomic mass is 16.5. The number of amidine groups is 1. The van der Waals surface area contributed by atoms with Gasteiger partial charge < -0.3 is 21.0 Å². The van der Waals surface area contributed by atoms with Crippen molar-refractivity contribution in [1.82, 2.24) is 5.32 Å². The number of nitrogens with two attached hydrogens (primary N) is 1. The van der Waals surface area contributed by atoms with E-state index in [-0.39, 0.29) is 11.7 Å². The Balaban J connectivity index is 4.81. The molecule has 0 aliphatic carbocycles. The molecule has 0 radical (unpaired) electrons. The third kappa shape index (κ3) is 3.10. The highest BCUT2D eigenvalue weighted by Crippen LogP contribution is 2.16. The molecule has 94 valence electrons. The van der Waals surface area contributed by atoms with Crippen LogP contribution in [0.25, 0.3) is 0 Å². The van der Waals surface area contributed by atoms with E-state index in [4.69, 9.17) is 15.7 Å². The summed E-state index contributed by atoms with van der Waals surface area (Å²) in [6.45, 7) is 6.82. The van der Waals surface area contributed by atoms with Crippen LogP contribution in [0.15, 0.2) is 5.16 Å². The molecule has 0 fully saturated rings. The largest absolute Gasteiger partial charge is 0.409 e. The van der Waals surface area contributed by atoms with Crippen molar-refractivity contribution in [1.29, 1.82) is 0 Å². The molecule has 6 nitrogen and oxygen atoms in total. The maximum atomic E-state index is 11.9. The van der Waals surface area contributed by atoms with Crippen LogP contribution < -0.4 is 11.1 Å². The van der Waals surface area contributed by atoms with E-state index in [0.717, 1.165) is 0 Å². The highest BCUT2D eigenvalue weighted by Gasteiger charge is 2.36. The highest BCUT2D eigenvalue weighted by molar-refractivity contribution is 5.95. The van der Waals surface area contributed by atoms with E-state index in [9.17, 15) is 4.79 Å². The Kier molecular flexibility index (Phi) is 4.74. The fourth-order valence-corrected chi connectivity index (χ4v) is 1.00. The number of nitrogens with one attached hydrogen (secondary N) is 1. The van der Waals surface area contributed by atoms with Gasteiger partial charge >= 0.3 is 0 Å². The number of rotatable bonds is 5. The van der Waals surface area contributed by atoms with E-state index in [2.05, 4.69) is 10.5 Å². The van der Waals surface area contributed by atoms with Crippen molar-refractivity contribution in [3.63, 3.8) is 0 Å². The van der Waals surface area contributed by atoms with Gasteiger partial charge in [0, 0.05) is 7.11 Å². The number of nitrogens with zero attached hydrogens (tertiary/aromatic N) is 1. The fourth-order valence-electron chi connectivity index (χ4n) is 1.00. The summed E-state index contributed by atoms with van der Waals surface area (Å²) in [6, 6.07) is 0. The first kappa shape index (κ1) is 14.7. The van der Waals surface area contributed by atoms with Crippen molar-refractivity contribution >= 4 is 11.7 Å². The molecule has 0 heterocycles. The normalized spacial score (nSPS) is 16.7. The third-order valence-electron chi connectivity index (χ3n) is 2.78. The number of ether oxygens (including phenoxy) is 1. The average Bonchev–Trinajstić information content (AvgIpc) is 2.25. The molecule has 0 saturated heterocycles. The first-order chi connectivity index (χ1) is 7.23. The molecule has 0 bridgehead atoms. The Morgan fingerprint density at radius 3 is 2.31 bits per heavy atom. The monoisotopic (exact) mass is 231 g/mol. The molecule has 0 aliphatic rings. The van der Waals surface area contributed by atoms with Crippen molar-refractivity contribution in [2.24, 2.45) is 10.9 Å². The molecule has 0 aromatic carbocycles. The zero-order valence-electron chi connectivity index (χ0n) is 10.5. The lowest BCUT2D eigenvalue weighted by Crippen LogP contribution is -2.58. The molecule has 4 N–H and O–H groups in total. The van der Waals surface area contributed by atoms with Gasteiger partial charge in [0.1, 0.15) is 5.60 Å². The standard InChI is InChI=1S/C10H21N3O3/c1-6-10(4,16-5)8(14)12-9(2,3)7(11)13-15/h15H,6H2,1-5H3,(H2,11,13)(H,12,14). The molecule has 0 aromatic rings. The Morgan fingerprint density at radius 2 is 2.00 bits per heavy atom. The fraction of sp³-hybridized carbons (Fsp3) is 0.800. The van der Waals surface area contributed by atoms with Crippen LogP contribution in [0, 0.1) is 0 Å². The predicted molar refractivity (Wildman–Crippen MR) is 61.3 cm³/mol. The molecule has 1 amide bonds. The molecular weight excluding hydrogens is 210 g/mol. The lowest BCUT2D eigenvalue weighted by atomic mass is 9.98.